The van der Waals surface area contributed by atoms with Crippen LogP contribution in [0.3, 0.4) is 0 Å². The van der Waals surface area contributed by atoms with E-state index in [-0.39, 0.29) is 16.8 Å². The fourth-order valence-electron chi connectivity index (χ4n) is 4.96. The van der Waals surface area contributed by atoms with Crippen molar-refractivity contribution in [3.05, 3.63) is 131 Å². The molecule has 198 valence electrons. The Morgan fingerprint density at radius 1 is 0.900 bits per heavy atom. The summed E-state index contributed by atoms with van der Waals surface area (Å²) in [5.41, 5.74) is 3.93. The zero-order valence-electron chi connectivity index (χ0n) is 21.7. The van der Waals surface area contributed by atoms with Crippen LogP contribution in [-0.2, 0) is 9.53 Å². The van der Waals surface area contributed by atoms with Crippen molar-refractivity contribution in [2.24, 2.45) is 5.10 Å². The minimum Gasteiger partial charge on any atom is -0.452 e. The number of nitrogens with zero attached hydrogens (tertiary/aromatic N) is 4. The predicted molar refractivity (Wildman–Crippen MR) is 155 cm³/mol. The van der Waals surface area contributed by atoms with Crippen LogP contribution in [0.1, 0.15) is 39.6 Å². The summed E-state index contributed by atoms with van der Waals surface area (Å²) < 4.78 is 6.93. The molecule has 0 aliphatic carbocycles. The maximum absolute atomic E-state index is 13.4. The number of halogens is 1. The van der Waals surface area contributed by atoms with Crippen molar-refractivity contribution in [1.82, 2.24) is 14.8 Å². The average molecular weight is 549 g/mol. The van der Waals surface area contributed by atoms with E-state index in [0.29, 0.717) is 17.8 Å². The summed E-state index contributed by atoms with van der Waals surface area (Å²) in [6.45, 7) is 1.19. The smallest absolute Gasteiger partial charge is 0.343 e. The standard InChI is InChI=1S/C32H25ClN4O3/c1-21-30(31(33)36(34-21)26-14-6-3-7-15-26)32(39)40-20-29(38)37-28(23-11-4-2-5-12-23)19-27(35-37)25-17-16-22-10-8-9-13-24(22)18-25/h2-18,28H,19-20H2,1H3/t28-/m0/s1. The largest absolute Gasteiger partial charge is 0.452 e. The first-order valence-corrected chi connectivity index (χ1v) is 13.3. The van der Waals surface area contributed by atoms with E-state index < -0.39 is 18.5 Å². The van der Waals surface area contributed by atoms with Gasteiger partial charge in [-0.2, -0.15) is 10.2 Å². The molecule has 1 amide bonds. The molecule has 0 fully saturated rings. The second-order valence-electron chi connectivity index (χ2n) is 9.55. The molecule has 8 heteroatoms. The van der Waals surface area contributed by atoms with Crippen LogP contribution in [0.2, 0.25) is 5.15 Å². The zero-order chi connectivity index (χ0) is 27.6. The molecular weight excluding hydrogens is 524 g/mol. The Kier molecular flexibility index (Phi) is 6.88. The third kappa shape index (κ3) is 4.87. The SMILES string of the molecule is Cc1nn(-c2ccccc2)c(Cl)c1C(=O)OCC(=O)N1N=C(c2ccc3ccccc3c2)C[C@H]1c1ccccc1. The number of carbonyl (C=O) groups is 2. The van der Waals surface area contributed by atoms with Crippen LogP contribution in [-0.4, -0.2) is 39.0 Å². The molecule has 7 nitrogen and oxygen atoms in total. The Morgan fingerprint density at radius 3 is 2.33 bits per heavy atom. The van der Waals surface area contributed by atoms with Gasteiger partial charge in [-0.3, -0.25) is 4.79 Å². The van der Waals surface area contributed by atoms with Crippen LogP contribution < -0.4 is 0 Å². The van der Waals surface area contributed by atoms with Crippen LogP contribution in [0.4, 0.5) is 0 Å². The quantitative estimate of drug-likeness (QED) is 0.226. The maximum Gasteiger partial charge on any atom is 0.343 e. The van der Waals surface area contributed by atoms with Crippen molar-refractivity contribution in [2.45, 2.75) is 19.4 Å². The lowest BCUT2D eigenvalue weighted by molar-refractivity contribution is -0.136. The molecule has 6 rings (SSSR count). The van der Waals surface area contributed by atoms with Crippen LogP contribution in [0.15, 0.2) is 108 Å². The van der Waals surface area contributed by atoms with Crippen molar-refractivity contribution in [1.29, 1.82) is 0 Å². The number of fused-ring (bicyclic) bond motifs is 1. The summed E-state index contributed by atoms with van der Waals surface area (Å²) in [4.78, 5) is 26.5. The van der Waals surface area contributed by atoms with E-state index >= 15 is 0 Å². The molecule has 0 bridgehead atoms. The number of esters is 1. The minimum absolute atomic E-state index is 0.125. The highest BCUT2D eigenvalue weighted by Gasteiger charge is 2.34. The normalized spacial score (nSPS) is 14.8. The Balaban J connectivity index is 1.24. The maximum atomic E-state index is 13.4. The fourth-order valence-corrected chi connectivity index (χ4v) is 5.30. The number of rotatable bonds is 6. The van der Waals surface area contributed by atoms with Gasteiger partial charge < -0.3 is 4.74 Å². The van der Waals surface area contributed by atoms with Gasteiger partial charge in [0.1, 0.15) is 10.7 Å². The van der Waals surface area contributed by atoms with E-state index in [0.717, 1.165) is 27.6 Å². The minimum atomic E-state index is -0.716. The monoisotopic (exact) mass is 548 g/mol. The first-order chi connectivity index (χ1) is 19.5. The van der Waals surface area contributed by atoms with Crippen molar-refractivity contribution < 1.29 is 14.3 Å². The first kappa shape index (κ1) is 25.5. The van der Waals surface area contributed by atoms with E-state index in [1.807, 2.05) is 78.9 Å². The number of benzene rings is 4. The summed E-state index contributed by atoms with van der Waals surface area (Å²) in [6.07, 6.45) is 0.539. The van der Waals surface area contributed by atoms with Gasteiger partial charge >= 0.3 is 5.97 Å². The molecule has 5 aromatic rings. The Morgan fingerprint density at radius 2 is 1.57 bits per heavy atom. The molecule has 40 heavy (non-hydrogen) atoms. The van der Waals surface area contributed by atoms with Crippen molar-refractivity contribution >= 4 is 40.0 Å². The van der Waals surface area contributed by atoms with Gasteiger partial charge in [0.25, 0.3) is 5.91 Å². The molecule has 0 unspecified atom stereocenters. The van der Waals surface area contributed by atoms with Gasteiger partial charge in [0, 0.05) is 6.42 Å². The topological polar surface area (TPSA) is 76.8 Å². The zero-order valence-corrected chi connectivity index (χ0v) is 22.5. The molecule has 2 heterocycles. The molecular formula is C32H25ClN4O3. The van der Waals surface area contributed by atoms with Gasteiger partial charge in [0.05, 0.1) is 23.1 Å². The highest BCUT2D eigenvalue weighted by molar-refractivity contribution is 6.33. The molecule has 4 aromatic carbocycles. The fraction of sp³-hybridized carbons (Fsp3) is 0.125. The van der Waals surface area contributed by atoms with E-state index in [2.05, 4.69) is 29.4 Å². The lowest BCUT2D eigenvalue weighted by atomic mass is 9.97. The van der Waals surface area contributed by atoms with Gasteiger partial charge in [-0.05, 0) is 47.0 Å². The molecule has 0 N–H and O–H groups in total. The van der Waals surface area contributed by atoms with E-state index in [1.54, 1.807) is 6.92 Å². The number of amides is 1. The highest BCUT2D eigenvalue weighted by Crippen LogP contribution is 2.33. The number of aromatic nitrogens is 2. The number of hydrogen-bond donors (Lipinski definition) is 0. The molecule has 1 aliphatic rings. The molecule has 0 radical (unpaired) electrons. The van der Waals surface area contributed by atoms with Crippen LogP contribution in [0, 0.1) is 6.92 Å². The number of hydrazone groups is 1. The molecule has 1 aromatic heterocycles. The molecule has 0 saturated carbocycles. The summed E-state index contributed by atoms with van der Waals surface area (Å²) in [6, 6.07) is 32.9. The third-order valence-corrected chi connectivity index (χ3v) is 7.32. The number of ether oxygens (including phenoxy) is 1. The molecule has 1 aliphatic heterocycles. The highest BCUT2D eigenvalue weighted by atomic mass is 35.5. The van der Waals surface area contributed by atoms with E-state index in [4.69, 9.17) is 21.4 Å². The molecule has 0 saturated heterocycles. The lowest BCUT2D eigenvalue weighted by Crippen LogP contribution is -2.31. The second kappa shape index (κ2) is 10.8. The summed E-state index contributed by atoms with van der Waals surface area (Å²) in [7, 11) is 0. The summed E-state index contributed by atoms with van der Waals surface area (Å²) in [5, 5.41) is 12.9. The third-order valence-electron chi connectivity index (χ3n) is 6.97. The summed E-state index contributed by atoms with van der Waals surface area (Å²) >= 11 is 6.52. The molecule has 0 spiro atoms. The number of para-hydroxylation sites is 1. The van der Waals surface area contributed by atoms with Crippen LogP contribution in [0.5, 0.6) is 0 Å². The number of carbonyl (C=O) groups excluding carboxylic acids is 2. The molecule has 1 atom stereocenters. The number of aryl methyl sites for hydroxylation is 1. The Bertz CT molecular complexity index is 1750. The van der Waals surface area contributed by atoms with Gasteiger partial charge in [-0.1, -0.05) is 96.5 Å². The van der Waals surface area contributed by atoms with Crippen LogP contribution in [0.25, 0.3) is 16.5 Å². The number of hydrogen-bond acceptors (Lipinski definition) is 5. The average Bonchev–Trinajstić information content (AvgIpc) is 3.57. The van der Waals surface area contributed by atoms with E-state index in [9.17, 15) is 9.59 Å². The van der Waals surface area contributed by atoms with Crippen molar-refractivity contribution in [3.63, 3.8) is 0 Å². The Labute approximate surface area is 236 Å². The van der Waals surface area contributed by atoms with Gasteiger partial charge in [0.2, 0.25) is 0 Å². The van der Waals surface area contributed by atoms with Gasteiger partial charge in [-0.25, -0.2) is 14.5 Å². The van der Waals surface area contributed by atoms with Crippen molar-refractivity contribution in [3.8, 4) is 5.69 Å². The van der Waals surface area contributed by atoms with Gasteiger partial charge in [-0.15, -0.1) is 0 Å². The van der Waals surface area contributed by atoms with Gasteiger partial charge in [0.15, 0.2) is 6.61 Å². The van der Waals surface area contributed by atoms with Crippen molar-refractivity contribution in [2.75, 3.05) is 6.61 Å². The van der Waals surface area contributed by atoms with Crippen LogP contribution >= 0.6 is 11.6 Å². The lowest BCUT2D eigenvalue weighted by Gasteiger charge is -2.21. The van der Waals surface area contributed by atoms with E-state index in [1.165, 1.54) is 9.69 Å². The second-order valence-corrected chi connectivity index (χ2v) is 9.91. The predicted octanol–water partition coefficient (Wildman–Crippen LogP) is 6.52. The first-order valence-electron chi connectivity index (χ1n) is 12.9. The Hall–Kier alpha value is -4.75. The summed E-state index contributed by atoms with van der Waals surface area (Å²) in [5.74, 6) is -1.14.